The standard InChI is InChI=1S/C14H17BF3NO4/c1-8-10(14(16,17)18)6-9(19(20)21)7-11(8)15-22-12(2,3)13(4,5)23-15/h6-7H,1-5H3. The van der Waals surface area contributed by atoms with Gasteiger partial charge in [0, 0.05) is 12.1 Å². The van der Waals surface area contributed by atoms with Crippen molar-refractivity contribution in [2.24, 2.45) is 0 Å². The van der Waals surface area contributed by atoms with Crippen LogP contribution in [0, 0.1) is 17.0 Å². The van der Waals surface area contributed by atoms with Gasteiger partial charge in [-0.15, -0.1) is 0 Å². The van der Waals surface area contributed by atoms with E-state index in [2.05, 4.69) is 0 Å². The van der Waals surface area contributed by atoms with Crippen LogP contribution in [-0.2, 0) is 15.5 Å². The Morgan fingerprint density at radius 3 is 2.00 bits per heavy atom. The zero-order valence-electron chi connectivity index (χ0n) is 13.4. The summed E-state index contributed by atoms with van der Waals surface area (Å²) in [4.78, 5) is 10.1. The monoisotopic (exact) mass is 331 g/mol. The summed E-state index contributed by atoms with van der Waals surface area (Å²) in [5.41, 5.74) is -3.34. The van der Waals surface area contributed by atoms with Crippen molar-refractivity contribution in [3.8, 4) is 0 Å². The highest BCUT2D eigenvalue weighted by Gasteiger charge is 2.53. The van der Waals surface area contributed by atoms with Gasteiger partial charge in [0.2, 0.25) is 0 Å². The molecule has 1 saturated heterocycles. The van der Waals surface area contributed by atoms with Crippen molar-refractivity contribution in [1.29, 1.82) is 0 Å². The summed E-state index contributed by atoms with van der Waals surface area (Å²) in [6.45, 7) is 8.27. The number of nitro benzene ring substituents is 1. The van der Waals surface area contributed by atoms with E-state index < -0.39 is 40.7 Å². The summed E-state index contributed by atoms with van der Waals surface area (Å²) in [5, 5.41) is 11.0. The van der Waals surface area contributed by atoms with Crippen molar-refractivity contribution in [3.05, 3.63) is 33.4 Å². The average Bonchev–Trinajstić information content (AvgIpc) is 2.56. The van der Waals surface area contributed by atoms with E-state index in [1.54, 1.807) is 27.7 Å². The maximum absolute atomic E-state index is 13.2. The van der Waals surface area contributed by atoms with Crippen LogP contribution in [-0.4, -0.2) is 23.2 Å². The lowest BCUT2D eigenvalue weighted by Gasteiger charge is -2.32. The molecule has 0 aliphatic carbocycles. The molecule has 1 aliphatic heterocycles. The SMILES string of the molecule is Cc1c(B2OC(C)(C)C(C)(C)O2)cc([N+](=O)[O-])cc1C(F)(F)F. The molecule has 0 spiro atoms. The number of benzene rings is 1. The topological polar surface area (TPSA) is 61.6 Å². The van der Waals surface area contributed by atoms with Gasteiger partial charge in [0.15, 0.2) is 0 Å². The smallest absolute Gasteiger partial charge is 0.399 e. The van der Waals surface area contributed by atoms with E-state index in [-0.39, 0.29) is 11.0 Å². The quantitative estimate of drug-likeness (QED) is 0.474. The summed E-state index contributed by atoms with van der Waals surface area (Å²) in [5.74, 6) is 0. The van der Waals surface area contributed by atoms with Crippen LogP contribution in [0.15, 0.2) is 12.1 Å². The highest BCUT2D eigenvalue weighted by Crippen LogP contribution is 2.38. The summed E-state index contributed by atoms with van der Waals surface area (Å²) < 4.78 is 50.9. The van der Waals surface area contributed by atoms with E-state index in [4.69, 9.17) is 9.31 Å². The van der Waals surface area contributed by atoms with E-state index in [9.17, 15) is 23.3 Å². The minimum Gasteiger partial charge on any atom is -0.399 e. The van der Waals surface area contributed by atoms with Gasteiger partial charge in [-0.25, -0.2) is 0 Å². The Balaban J connectivity index is 2.60. The summed E-state index contributed by atoms with van der Waals surface area (Å²) >= 11 is 0. The first-order valence-electron chi connectivity index (χ1n) is 6.98. The van der Waals surface area contributed by atoms with Crippen molar-refractivity contribution >= 4 is 18.3 Å². The first-order valence-corrected chi connectivity index (χ1v) is 6.98. The fourth-order valence-electron chi connectivity index (χ4n) is 2.34. The molecule has 0 amide bonds. The van der Waals surface area contributed by atoms with Crippen LogP contribution in [0.1, 0.15) is 38.8 Å². The van der Waals surface area contributed by atoms with Gasteiger partial charge in [0.1, 0.15) is 0 Å². The molecule has 0 aromatic heterocycles. The van der Waals surface area contributed by atoms with Gasteiger partial charge in [-0.2, -0.15) is 13.2 Å². The van der Waals surface area contributed by atoms with E-state index in [1.807, 2.05) is 0 Å². The van der Waals surface area contributed by atoms with Gasteiger partial charge in [-0.3, -0.25) is 10.1 Å². The Kier molecular flexibility index (Phi) is 4.01. The predicted octanol–water partition coefficient (Wildman–Crippen LogP) is 3.22. The van der Waals surface area contributed by atoms with Gasteiger partial charge in [-0.05, 0) is 45.6 Å². The molecule has 1 aromatic rings. The Morgan fingerprint density at radius 2 is 1.61 bits per heavy atom. The van der Waals surface area contributed by atoms with Crippen molar-refractivity contribution in [2.75, 3.05) is 0 Å². The molecule has 1 fully saturated rings. The first-order chi connectivity index (χ1) is 10.3. The normalized spacial score (nSPS) is 19.9. The van der Waals surface area contributed by atoms with E-state index >= 15 is 0 Å². The minimum absolute atomic E-state index is 0.0187. The Hall–Kier alpha value is -1.61. The third-order valence-corrected chi connectivity index (χ3v) is 4.46. The second kappa shape index (κ2) is 5.20. The number of hydrogen-bond acceptors (Lipinski definition) is 4. The van der Waals surface area contributed by atoms with Gasteiger partial charge in [0.05, 0.1) is 21.7 Å². The molecule has 0 atom stereocenters. The first kappa shape index (κ1) is 17.7. The molecular weight excluding hydrogens is 314 g/mol. The van der Waals surface area contributed by atoms with E-state index in [1.165, 1.54) is 6.92 Å². The molecule has 0 saturated carbocycles. The number of nitro groups is 1. The molecule has 1 aromatic carbocycles. The highest BCUT2D eigenvalue weighted by atomic mass is 19.4. The van der Waals surface area contributed by atoms with Crippen molar-refractivity contribution in [1.82, 2.24) is 0 Å². The number of rotatable bonds is 2. The number of non-ortho nitro benzene ring substituents is 1. The fourth-order valence-corrected chi connectivity index (χ4v) is 2.34. The molecule has 0 radical (unpaired) electrons. The summed E-state index contributed by atoms with van der Waals surface area (Å²) in [6.07, 6.45) is -4.70. The van der Waals surface area contributed by atoms with Crippen molar-refractivity contribution in [3.63, 3.8) is 0 Å². The molecule has 126 valence electrons. The van der Waals surface area contributed by atoms with Gasteiger partial charge < -0.3 is 9.31 Å². The number of hydrogen-bond donors (Lipinski definition) is 0. The van der Waals surface area contributed by atoms with Crippen LogP contribution in [0.3, 0.4) is 0 Å². The van der Waals surface area contributed by atoms with Crippen LogP contribution >= 0.6 is 0 Å². The maximum atomic E-state index is 13.2. The Morgan fingerprint density at radius 1 is 1.13 bits per heavy atom. The Bertz CT molecular complexity index is 642. The van der Waals surface area contributed by atoms with Gasteiger partial charge in [-0.1, -0.05) is 0 Å². The molecule has 23 heavy (non-hydrogen) atoms. The Labute approximate surface area is 132 Å². The van der Waals surface area contributed by atoms with E-state index in [0.717, 1.165) is 6.07 Å². The lowest BCUT2D eigenvalue weighted by atomic mass is 9.74. The second-order valence-electron chi connectivity index (χ2n) is 6.55. The molecule has 0 N–H and O–H groups in total. The maximum Gasteiger partial charge on any atom is 0.495 e. The summed E-state index contributed by atoms with van der Waals surface area (Å²) in [6, 6.07) is 1.61. The lowest BCUT2D eigenvalue weighted by Crippen LogP contribution is -2.41. The van der Waals surface area contributed by atoms with Gasteiger partial charge >= 0.3 is 13.3 Å². The van der Waals surface area contributed by atoms with Crippen LogP contribution in [0.5, 0.6) is 0 Å². The van der Waals surface area contributed by atoms with Crippen LogP contribution in [0.4, 0.5) is 18.9 Å². The number of alkyl halides is 3. The molecule has 2 rings (SSSR count). The predicted molar refractivity (Wildman–Crippen MR) is 78.6 cm³/mol. The molecule has 0 unspecified atom stereocenters. The fraction of sp³-hybridized carbons (Fsp3) is 0.571. The average molecular weight is 331 g/mol. The van der Waals surface area contributed by atoms with Crippen molar-refractivity contribution in [2.45, 2.75) is 52.0 Å². The molecule has 9 heteroatoms. The molecular formula is C14H17BF3NO4. The molecule has 0 bridgehead atoms. The molecule has 1 heterocycles. The van der Waals surface area contributed by atoms with E-state index in [0.29, 0.717) is 6.07 Å². The third kappa shape index (κ3) is 3.07. The summed E-state index contributed by atoms with van der Waals surface area (Å²) in [7, 11) is -1.10. The number of nitrogens with zero attached hydrogens (tertiary/aromatic N) is 1. The largest absolute Gasteiger partial charge is 0.495 e. The van der Waals surface area contributed by atoms with Crippen LogP contribution in [0.25, 0.3) is 0 Å². The van der Waals surface area contributed by atoms with Gasteiger partial charge in [0.25, 0.3) is 5.69 Å². The minimum atomic E-state index is -4.70. The lowest BCUT2D eigenvalue weighted by molar-refractivity contribution is -0.385. The van der Waals surface area contributed by atoms with Crippen molar-refractivity contribution < 1.29 is 27.4 Å². The molecule has 5 nitrogen and oxygen atoms in total. The zero-order chi connectivity index (χ0) is 17.8. The van der Waals surface area contributed by atoms with Crippen LogP contribution < -0.4 is 5.46 Å². The van der Waals surface area contributed by atoms with Crippen LogP contribution in [0.2, 0.25) is 0 Å². The second-order valence-corrected chi connectivity index (χ2v) is 6.55. The third-order valence-electron chi connectivity index (χ3n) is 4.46. The zero-order valence-corrected chi connectivity index (χ0v) is 13.4. The highest BCUT2D eigenvalue weighted by molar-refractivity contribution is 6.62. The number of halogens is 3. The molecule has 1 aliphatic rings.